The first-order valence-corrected chi connectivity index (χ1v) is 5.01. The SMILES string of the molecule is COC(=O)C(C)n1ccc2cc(O)ccc21. The fraction of sp³-hybridized carbons (Fsp3) is 0.250. The summed E-state index contributed by atoms with van der Waals surface area (Å²) in [6.07, 6.45) is 1.81. The molecular weight excluding hydrogens is 206 g/mol. The molecular formula is C12H13NO3. The molecule has 0 amide bonds. The molecule has 1 aromatic carbocycles. The highest BCUT2D eigenvalue weighted by molar-refractivity contribution is 5.84. The third-order valence-electron chi connectivity index (χ3n) is 2.66. The van der Waals surface area contributed by atoms with Crippen LogP contribution in [0.3, 0.4) is 0 Å². The first-order valence-electron chi connectivity index (χ1n) is 5.01. The van der Waals surface area contributed by atoms with Crippen molar-refractivity contribution in [1.82, 2.24) is 4.57 Å². The van der Waals surface area contributed by atoms with Crippen LogP contribution >= 0.6 is 0 Å². The largest absolute Gasteiger partial charge is 0.508 e. The number of rotatable bonds is 2. The zero-order valence-electron chi connectivity index (χ0n) is 9.18. The summed E-state index contributed by atoms with van der Waals surface area (Å²) < 4.78 is 6.52. The number of hydrogen-bond donors (Lipinski definition) is 1. The standard InChI is InChI=1S/C12H13NO3/c1-8(12(15)16-2)13-6-5-9-7-10(14)3-4-11(9)13/h3-8,14H,1-2H3. The molecule has 0 saturated carbocycles. The lowest BCUT2D eigenvalue weighted by molar-refractivity contribution is -0.143. The molecule has 84 valence electrons. The van der Waals surface area contributed by atoms with Gasteiger partial charge in [-0.15, -0.1) is 0 Å². The van der Waals surface area contributed by atoms with Gasteiger partial charge in [-0.1, -0.05) is 0 Å². The fourth-order valence-corrected chi connectivity index (χ4v) is 1.77. The van der Waals surface area contributed by atoms with E-state index in [0.29, 0.717) is 0 Å². The number of ether oxygens (including phenoxy) is 1. The first-order chi connectivity index (χ1) is 7.63. The molecule has 16 heavy (non-hydrogen) atoms. The van der Waals surface area contributed by atoms with Crippen LogP contribution in [0.15, 0.2) is 30.5 Å². The Hall–Kier alpha value is -1.97. The fourth-order valence-electron chi connectivity index (χ4n) is 1.77. The number of aromatic nitrogens is 1. The number of fused-ring (bicyclic) bond motifs is 1. The number of carbonyl (C=O) groups excluding carboxylic acids is 1. The number of methoxy groups -OCH3 is 1. The van der Waals surface area contributed by atoms with Gasteiger partial charge < -0.3 is 14.4 Å². The molecule has 0 saturated heterocycles. The summed E-state index contributed by atoms with van der Waals surface area (Å²) in [4.78, 5) is 11.4. The Morgan fingerprint density at radius 1 is 1.44 bits per heavy atom. The van der Waals surface area contributed by atoms with E-state index in [1.807, 2.05) is 16.8 Å². The van der Waals surface area contributed by atoms with Crippen molar-refractivity contribution < 1.29 is 14.6 Å². The van der Waals surface area contributed by atoms with Gasteiger partial charge in [0.15, 0.2) is 0 Å². The highest BCUT2D eigenvalue weighted by Gasteiger charge is 2.16. The molecule has 2 rings (SSSR count). The van der Waals surface area contributed by atoms with E-state index < -0.39 is 0 Å². The lowest BCUT2D eigenvalue weighted by Crippen LogP contribution is -2.16. The molecule has 4 nitrogen and oxygen atoms in total. The van der Waals surface area contributed by atoms with Crippen LogP contribution < -0.4 is 0 Å². The summed E-state index contributed by atoms with van der Waals surface area (Å²) in [6.45, 7) is 1.78. The highest BCUT2D eigenvalue weighted by atomic mass is 16.5. The van der Waals surface area contributed by atoms with Gasteiger partial charge in [-0.2, -0.15) is 0 Å². The molecule has 0 radical (unpaired) electrons. The summed E-state index contributed by atoms with van der Waals surface area (Å²) in [5.74, 6) is -0.0680. The normalized spacial score (nSPS) is 12.6. The van der Waals surface area contributed by atoms with Crippen LogP contribution in [-0.2, 0) is 9.53 Å². The summed E-state index contributed by atoms with van der Waals surface area (Å²) in [7, 11) is 1.37. The molecule has 1 aromatic heterocycles. The Balaban J connectivity index is 2.50. The van der Waals surface area contributed by atoms with Crippen LogP contribution in [-0.4, -0.2) is 22.8 Å². The van der Waals surface area contributed by atoms with Crippen LogP contribution in [0.4, 0.5) is 0 Å². The van der Waals surface area contributed by atoms with Crippen molar-refractivity contribution in [2.24, 2.45) is 0 Å². The van der Waals surface area contributed by atoms with Gasteiger partial charge in [0.05, 0.1) is 7.11 Å². The molecule has 4 heteroatoms. The van der Waals surface area contributed by atoms with Gasteiger partial charge in [-0.25, -0.2) is 4.79 Å². The van der Waals surface area contributed by atoms with E-state index in [2.05, 4.69) is 0 Å². The maximum Gasteiger partial charge on any atom is 0.328 e. The molecule has 0 bridgehead atoms. The van der Waals surface area contributed by atoms with E-state index in [0.717, 1.165) is 10.9 Å². The number of phenolic OH excluding ortho intramolecular Hbond substituents is 1. The number of esters is 1. The summed E-state index contributed by atoms with van der Waals surface area (Å²) >= 11 is 0. The monoisotopic (exact) mass is 219 g/mol. The number of benzene rings is 1. The van der Waals surface area contributed by atoms with E-state index in [1.165, 1.54) is 7.11 Å². The van der Waals surface area contributed by atoms with Gasteiger partial charge in [-0.05, 0) is 31.2 Å². The van der Waals surface area contributed by atoms with Crippen molar-refractivity contribution in [3.63, 3.8) is 0 Å². The molecule has 1 unspecified atom stereocenters. The summed E-state index contributed by atoms with van der Waals surface area (Å²) in [6, 6.07) is 6.53. The van der Waals surface area contributed by atoms with E-state index in [4.69, 9.17) is 4.74 Å². The third kappa shape index (κ3) is 1.62. The molecule has 1 atom stereocenters. The van der Waals surface area contributed by atoms with E-state index in [1.54, 1.807) is 25.1 Å². The van der Waals surface area contributed by atoms with Crippen molar-refractivity contribution in [3.05, 3.63) is 30.5 Å². The lowest BCUT2D eigenvalue weighted by atomic mass is 10.2. The van der Waals surface area contributed by atoms with Gasteiger partial charge in [0.25, 0.3) is 0 Å². The van der Waals surface area contributed by atoms with Crippen molar-refractivity contribution in [2.45, 2.75) is 13.0 Å². The second kappa shape index (κ2) is 3.89. The molecule has 0 fully saturated rings. The number of aromatic hydroxyl groups is 1. The minimum absolute atomic E-state index is 0.218. The van der Waals surface area contributed by atoms with Crippen LogP contribution in [0.5, 0.6) is 5.75 Å². The second-order valence-electron chi connectivity index (χ2n) is 3.67. The molecule has 0 spiro atoms. The number of nitrogens with zero attached hydrogens (tertiary/aromatic N) is 1. The Morgan fingerprint density at radius 2 is 2.19 bits per heavy atom. The van der Waals surface area contributed by atoms with Gasteiger partial charge in [0.1, 0.15) is 11.8 Å². The Labute approximate surface area is 93.1 Å². The van der Waals surface area contributed by atoms with Gasteiger partial charge >= 0.3 is 5.97 Å². The summed E-state index contributed by atoms with van der Waals surface area (Å²) in [5, 5.41) is 10.2. The minimum atomic E-state index is -0.368. The molecule has 0 aliphatic heterocycles. The Bertz CT molecular complexity index is 530. The maximum atomic E-state index is 11.4. The van der Waals surface area contributed by atoms with Crippen LogP contribution in [0, 0.1) is 0 Å². The number of hydrogen-bond acceptors (Lipinski definition) is 3. The quantitative estimate of drug-likeness (QED) is 0.787. The van der Waals surface area contributed by atoms with Crippen LogP contribution in [0.2, 0.25) is 0 Å². The third-order valence-corrected chi connectivity index (χ3v) is 2.66. The van der Waals surface area contributed by atoms with Crippen molar-refractivity contribution in [1.29, 1.82) is 0 Å². The van der Waals surface area contributed by atoms with Gasteiger partial charge in [0, 0.05) is 17.1 Å². The Kier molecular flexibility index (Phi) is 2.56. The number of phenols is 1. The Morgan fingerprint density at radius 3 is 2.88 bits per heavy atom. The maximum absolute atomic E-state index is 11.4. The summed E-state index contributed by atoms with van der Waals surface area (Å²) in [5.41, 5.74) is 0.899. The first kappa shape index (κ1) is 10.5. The molecule has 1 N–H and O–H groups in total. The van der Waals surface area contributed by atoms with Crippen molar-refractivity contribution >= 4 is 16.9 Å². The van der Waals surface area contributed by atoms with Crippen LogP contribution in [0.25, 0.3) is 10.9 Å². The molecule has 2 aromatic rings. The van der Waals surface area contributed by atoms with E-state index >= 15 is 0 Å². The zero-order chi connectivity index (χ0) is 11.7. The molecule has 0 aliphatic carbocycles. The average molecular weight is 219 g/mol. The highest BCUT2D eigenvalue weighted by Crippen LogP contribution is 2.24. The average Bonchev–Trinajstić information content (AvgIpc) is 2.69. The van der Waals surface area contributed by atoms with Crippen molar-refractivity contribution in [2.75, 3.05) is 7.11 Å². The smallest absolute Gasteiger partial charge is 0.328 e. The molecule has 1 heterocycles. The van der Waals surface area contributed by atoms with Crippen LogP contribution in [0.1, 0.15) is 13.0 Å². The predicted molar refractivity (Wildman–Crippen MR) is 60.3 cm³/mol. The number of carbonyl (C=O) groups is 1. The van der Waals surface area contributed by atoms with E-state index in [-0.39, 0.29) is 17.8 Å². The van der Waals surface area contributed by atoms with Gasteiger partial charge in [-0.3, -0.25) is 0 Å². The lowest BCUT2D eigenvalue weighted by Gasteiger charge is -2.12. The topological polar surface area (TPSA) is 51.5 Å². The molecule has 0 aliphatic rings. The minimum Gasteiger partial charge on any atom is -0.508 e. The predicted octanol–water partition coefficient (Wildman–Crippen LogP) is 2.08. The second-order valence-corrected chi connectivity index (χ2v) is 3.67. The van der Waals surface area contributed by atoms with E-state index in [9.17, 15) is 9.90 Å². The van der Waals surface area contributed by atoms with Crippen molar-refractivity contribution in [3.8, 4) is 5.75 Å². The zero-order valence-corrected chi connectivity index (χ0v) is 9.18. The van der Waals surface area contributed by atoms with Gasteiger partial charge in [0.2, 0.25) is 0 Å².